The fourth-order valence-electron chi connectivity index (χ4n) is 9.75. The summed E-state index contributed by atoms with van der Waals surface area (Å²) < 4.78 is 87.0. The number of hydrogen-bond donors (Lipinski definition) is 4. The molecular weight excluding hydrogens is 1140 g/mol. The van der Waals surface area contributed by atoms with Gasteiger partial charge in [0.05, 0.1) is 54.3 Å². The summed E-state index contributed by atoms with van der Waals surface area (Å²) in [5.41, 5.74) is 3.74. The molecule has 13 rings (SSSR count). The summed E-state index contributed by atoms with van der Waals surface area (Å²) >= 11 is 0. The number of pyridine rings is 2. The Bertz CT molecular complexity index is 4710. The average Bonchev–Trinajstić information content (AvgIpc) is 2.02. The third-order valence-electron chi connectivity index (χ3n) is 14.3. The molecular formula is C64H50F4N12O8. The van der Waals surface area contributed by atoms with Crippen LogP contribution < -0.4 is 40.7 Å². The van der Waals surface area contributed by atoms with Gasteiger partial charge in [0.25, 0.3) is 22.9 Å². The van der Waals surface area contributed by atoms with Gasteiger partial charge in [-0.15, -0.1) is 0 Å². The molecule has 442 valence electrons. The molecule has 24 heteroatoms. The third kappa shape index (κ3) is 11.7. The van der Waals surface area contributed by atoms with Crippen molar-refractivity contribution in [3.8, 4) is 68.4 Å². The number of carbonyl (C=O) groups is 2. The molecule has 6 heterocycles. The second-order valence-electron chi connectivity index (χ2n) is 20.0. The Labute approximate surface area is 496 Å². The number of amides is 2. The lowest BCUT2D eigenvalue weighted by Crippen LogP contribution is -2.29. The molecule has 2 amide bonds. The summed E-state index contributed by atoms with van der Waals surface area (Å²) in [6.45, 7) is 5.32. The van der Waals surface area contributed by atoms with Crippen molar-refractivity contribution < 1.29 is 46.1 Å². The molecule has 0 spiro atoms. The topological polar surface area (TPSA) is 232 Å². The highest BCUT2D eigenvalue weighted by Crippen LogP contribution is 2.40. The van der Waals surface area contributed by atoms with Crippen LogP contribution in [-0.2, 0) is 13.1 Å². The lowest BCUT2D eigenvalue weighted by Gasteiger charge is -2.15. The predicted molar refractivity (Wildman–Crippen MR) is 319 cm³/mol. The molecule has 6 aromatic heterocycles. The number of rotatable bonds is 17. The summed E-state index contributed by atoms with van der Waals surface area (Å²) in [6.07, 6.45) is 11.8. The van der Waals surface area contributed by atoms with E-state index < -0.39 is 46.2 Å². The van der Waals surface area contributed by atoms with Gasteiger partial charge < -0.3 is 29.6 Å². The first kappa shape index (κ1) is 56.9. The Kier molecular flexibility index (Phi) is 15.6. The summed E-state index contributed by atoms with van der Waals surface area (Å²) in [7, 11) is 1.37. The maximum Gasteiger partial charge on any atom is 0.270 e. The van der Waals surface area contributed by atoms with Crippen LogP contribution in [0.4, 0.5) is 28.9 Å². The molecule has 20 nitrogen and oxygen atoms in total. The molecule has 6 aromatic carbocycles. The summed E-state index contributed by atoms with van der Waals surface area (Å²) in [5.74, 6) is -2.90. The number of aromatic nitrogens is 10. The van der Waals surface area contributed by atoms with Crippen LogP contribution in [0.25, 0.3) is 55.4 Å². The maximum absolute atomic E-state index is 15.4. The SMILES string of the molecule is CCn1ncc2cc(Oc3ccc(NC(=O)c4ccc(OC)n(-c5ccc(F)cc5)c4=O)cc3F)c(-c3cn[nH]c3)cc21.CCn1ncc2cc(Oc3ccc(NC(=O)c4ccc(OC5CC5)n(-c5ccc(F)cc5)c4=O)cc3F)c(-c3cn[nH]c3)cc21. The number of nitrogens with zero attached hydrogens (tertiary/aromatic N) is 8. The first-order chi connectivity index (χ1) is 42.7. The minimum absolute atomic E-state index is 0.0220. The molecule has 1 aliphatic rings. The lowest BCUT2D eigenvalue weighted by atomic mass is 10.1. The number of methoxy groups -OCH3 is 1. The monoisotopic (exact) mass is 1190 g/mol. The minimum Gasteiger partial charge on any atom is -0.482 e. The van der Waals surface area contributed by atoms with E-state index in [2.05, 4.69) is 41.2 Å². The van der Waals surface area contributed by atoms with Crippen molar-refractivity contribution in [3.05, 3.63) is 226 Å². The molecule has 0 aliphatic heterocycles. The van der Waals surface area contributed by atoms with Crippen LogP contribution in [0.2, 0.25) is 0 Å². The van der Waals surface area contributed by atoms with Crippen molar-refractivity contribution in [2.45, 2.75) is 45.9 Å². The van der Waals surface area contributed by atoms with Crippen molar-refractivity contribution >= 4 is 45.0 Å². The van der Waals surface area contributed by atoms with E-state index in [0.29, 0.717) is 47.1 Å². The zero-order chi connectivity index (χ0) is 61.2. The Hall–Kier alpha value is -11.6. The van der Waals surface area contributed by atoms with E-state index in [1.807, 2.05) is 35.3 Å². The van der Waals surface area contributed by atoms with Gasteiger partial charge in [0.2, 0.25) is 11.8 Å². The van der Waals surface area contributed by atoms with E-state index in [9.17, 15) is 28.0 Å². The van der Waals surface area contributed by atoms with Crippen molar-refractivity contribution in [1.82, 2.24) is 49.1 Å². The van der Waals surface area contributed by atoms with E-state index in [4.69, 9.17) is 18.9 Å². The van der Waals surface area contributed by atoms with Crippen LogP contribution in [0.3, 0.4) is 0 Å². The van der Waals surface area contributed by atoms with Gasteiger partial charge in [0.1, 0.15) is 40.4 Å². The highest BCUT2D eigenvalue weighted by atomic mass is 19.1. The molecule has 0 radical (unpaired) electrons. The lowest BCUT2D eigenvalue weighted by molar-refractivity contribution is 0.101. The molecule has 1 fully saturated rings. The second kappa shape index (κ2) is 24.2. The van der Waals surface area contributed by atoms with E-state index in [0.717, 1.165) is 62.5 Å². The van der Waals surface area contributed by atoms with Gasteiger partial charge in [0.15, 0.2) is 23.1 Å². The molecule has 0 atom stereocenters. The van der Waals surface area contributed by atoms with Gasteiger partial charge in [-0.25, -0.2) is 26.7 Å². The van der Waals surface area contributed by atoms with Crippen LogP contribution in [0.15, 0.2) is 180 Å². The van der Waals surface area contributed by atoms with E-state index in [-0.39, 0.29) is 51.9 Å². The number of aromatic amines is 2. The fourth-order valence-corrected chi connectivity index (χ4v) is 9.75. The van der Waals surface area contributed by atoms with Gasteiger partial charge >= 0.3 is 0 Å². The van der Waals surface area contributed by atoms with E-state index >= 15 is 8.78 Å². The highest BCUT2D eigenvalue weighted by molar-refractivity contribution is 6.05. The summed E-state index contributed by atoms with van der Waals surface area (Å²) in [5, 5.41) is 29.2. The fraction of sp³-hybridized carbons (Fsp3) is 0.125. The molecule has 1 saturated carbocycles. The number of fused-ring (bicyclic) bond motifs is 2. The number of H-pyrrole nitrogens is 2. The number of carbonyl (C=O) groups excluding carboxylic acids is 2. The van der Waals surface area contributed by atoms with Crippen molar-refractivity contribution in [2.75, 3.05) is 17.7 Å². The Balaban J connectivity index is 0.000000172. The zero-order valence-electron chi connectivity index (χ0n) is 46.9. The predicted octanol–water partition coefficient (Wildman–Crippen LogP) is 12.4. The average molecular weight is 1190 g/mol. The summed E-state index contributed by atoms with van der Waals surface area (Å²) in [6, 6.07) is 31.4. The molecule has 1 aliphatic carbocycles. The number of nitrogens with one attached hydrogen (secondary N) is 4. The van der Waals surface area contributed by atoms with Gasteiger partial charge in [0, 0.05) is 82.0 Å². The number of hydrogen-bond acceptors (Lipinski definition) is 12. The van der Waals surface area contributed by atoms with Crippen LogP contribution in [0.1, 0.15) is 47.4 Å². The maximum atomic E-state index is 15.4. The number of anilines is 2. The number of benzene rings is 6. The number of aryl methyl sites for hydroxylation is 2. The Morgan fingerprint density at radius 3 is 1.39 bits per heavy atom. The second-order valence-corrected chi connectivity index (χ2v) is 20.0. The van der Waals surface area contributed by atoms with E-state index in [1.165, 1.54) is 109 Å². The zero-order valence-corrected chi connectivity index (χ0v) is 46.9. The molecule has 12 aromatic rings. The van der Waals surface area contributed by atoms with Crippen LogP contribution >= 0.6 is 0 Å². The Morgan fingerprint density at radius 2 is 0.989 bits per heavy atom. The largest absolute Gasteiger partial charge is 0.482 e. The molecule has 0 bridgehead atoms. The minimum atomic E-state index is -0.766. The van der Waals surface area contributed by atoms with Crippen LogP contribution in [-0.4, -0.2) is 74.1 Å². The van der Waals surface area contributed by atoms with Gasteiger partial charge in [-0.2, -0.15) is 20.4 Å². The molecule has 0 saturated heterocycles. The first-order valence-corrected chi connectivity index (χ1v) is 27.5. The quantitative estimate of drug-likeness (QED) is 0.0624. The van der Waals surface area contributed by atoms with Gasteiger partial charge in [-0.05, 0) is 148 Å². The van der Waals surface area contributed by atoms with E-state index in [1.54, 1.807) is 49.3 Å². The standard InChI is InChI=1S/C33H26F2N6O4.C31H24F2N6O4/c1-2-40-28-15-26(20-16-36-37-17-20)30(13-19(28)18-38-40)45-29-11-5-22(14-27(29)35)39-32(42)25-10-12-31(44-24-8-9-24)41(33(25)43)23-6-3-21(34)4-7-23;1-3-38-26-14-24(19-15-34-35-16-19)28(12-18(26)17-36-38)43-27-10-6-21(13-25(27)33)37-30(40)23-9-11-29(42-2)39(31(23)41)22-7-4-20(32)5-8-22/h3-7,10-18,24H,2,8-9H2,1H3,(H,36,37)(H,39,42);4-17H,3H2,1-2H3,(H,34,35)(H,37,40). The van der Waals surface area contributed by atoms with Crippen molar-refractivity contribution in [1.29, 1.82) is 0 Å². The normalized spacial score (nSPS) is 11.9. The first-order valence-electron chi connectivity index (χ1n) is 27.5. The van der Waals surface area contributed by atoms with Crippen molar-refractivity contribution in [2.24, 2.45) is 0 Å². The third-order valence-corrected chi connectivity index (χ3v) is 14.3. The smallest absolute Gasteiger partial charge is 0.270 e. The van der Waals surface area contributed by atoms with Crippen LogP contribution in [0.5, 0.6) is 34.8 Å². The molecule has 0 unspecified atom stereocenters. The molecule has 4 N–H and O–H groups in total. The van der Waals surface area contributed by atoms with Crippen LogP contribution in [0, 0.1) is 23.3 Å². The highest BCUT2D eigenvalue weighted by Gasteiger charge is 2.27. The van der Waals surface area contributed by atoms with Crippen molar-refractivity contribution in [3.63, 3.8) is 0 Å². The molecule has 88 heavy (non-hydrogen) atoms. The summed E-state index contributed by atoms with van der Waals surface area (Å²) in [4.78, 5) is 53.1. The Morgan fingerprint density at radius 1 is 0.545 bits per heavy atom. The van der Waals surface area contributed by atoms with Gasteiger partial charge in [-0.1, -0.05) is 0 Å². The van der Waals surface area contributed by atoms with Gasteiger partial charge in [-0.3, -0.25) is 38.7 Å². The number of ether oxygens (including phenoxy) is 4. The number of halogens is 4.